The Morgan fingerprint density at radius 2 is 2.17 bits per heavy atom. The second-order valence-electron chi connectivity index (χ2n) is 5.56. The lowest BCUT2D eigenvalue weighted by Gasteiger charge is -2.21. The highest BCUT2D eigenvalue weighted by Crippen LogP contribution is 2.27. The molecule has 1 fully saturated rings. The molecule has 0 saturated carbocycles. The van der Waals surface area contributed by atoms with Crippen LogP contribution in [0.4, 0.5) is 0 Å². The van der Waals surface area contributed by atoms with Gasteiger partial charge in [-0.3, -0.25) is 0 Å². The predicted octanol–water partition coefficient (Wildman–Crippen LogP) is 1.15. The first-order chi connectivity index (χ1) is 11.3. The molecule has 0 atom stereocenters. The van der Waals surface area contributed by atoms with Gasteiger partial charge in [-0.2, -0.15) is 4.98 Å². The molecular formula is C14H22N6O2S. The van der Waals surface area contributed by atoms with Gasteiger partial charge in [-0.25, -0.2) is 0 Å². The van der Waals surface area contributed by atoms with Crippen LogP contribution in [0.2, 0.25) is 0 Å². The number of ether oxygens (including phenoxy) is 1. The summed E-state index contributed by atoms with van der Waals surface area (Å²) in [6, 6.07) is 0. The fourth-order valence-corrected chi connectivity index (χ4v) is 3.41. The van der Waals surface area contributed by atoms with Gasteiger partial charge in [-0.05, 0) is 25.9 Å². The first-order valence-corrected chi connectivity index (χ1v) is 8.79. The normalized spacial score (nSPS) is 16.1. The molecule has 0 unspecified atom stereocenters. The number of hydrogen-bond acceptors (Lipinski definition) is 8. The van der Waals surface area contributed by atoms with Crippen LogP contribution in [0.5, 0.6) is 0 Å². The monoisotopic (exact) mass is 338 g/mol. The summed E-state index contributed by atoms with van der Waals surface area (Å²) in [7, 11) is 3.68. The number of methoxy groups -OCH3 is 1. The summed E-state index contributed by atoms with van der Waals surface area (Å²) >= 11 is 1.57. The molecule has 9 heteroatoms. The highest BCUT2D eigenvalue weighted by atomic mass is 32.2. The van der Waals surface area contributed by atoms with Gasteiger partial charge in [-0.1, -0.05) is 16.9 Å². The Kier molecular flexibility index (Phi) is 5.63. The van der Waals surface area contributed by atoms with Crippen molar-refractivity contribution in [2.75, 3.05) is 26.8 Å². The molecule has 1 N–H and O–H groups in total. The quantitative estimate of drug-likeness (QED) is 0.752. The second kappa shape index (κ2) is 7.89. The Hall–Kier alpha value is -1.45. The zero-order valence-electron chi connectivity index (χ0n) is 13.5. The van der Waals surface area contributed by atoms with Crippen molar-refractivity contribution in [3.05, 3.63) is 17.5 Å². The topological polar surface area (TPSA) is 90.9 Å². The minimum Gasteiger partial charge on any atom is -0.384 e. The number of aromatic nitrogens is 5. The number of piperidine rings is 1. The van der Waals surface area contributed by atoms with Crippen LogP contribution in [-0.2, 0) is 24.0 Å². The van der Waals surface area contributed by atoms with Crippen LogP contribution in [0.15, 0.2) is 9.68 Å². The minimum absolute atomic E-state index is 0.493. The lowest BCUT2D eigenvalue weighted by molar-refractivity contribution is 0.199. The summed E-state index contributed by atoms with van der Waals surface area (Å²) in [5, 5.41) is 16.9. The highest BCUT2D eigenvalue weighted by Gasteiger charge is 2.22. The molecule has 1 aliphatic heterocycles. The zero-order chi connectivity index (χ0) is 16.1. The number of thioether (sulfide) groups is 1. The predicted molar refractivity (Wildman–Crippen MR) is 85.3 cm³/mol. The van der Waals surface area contributed by atoms with Crippen molar-refractivity contribution >= 4 is 11.8 Å². The maximum atomic E-state index is 5.24. The summed E-state index contributed by atoms with van der Waals surface area (Å²) in [4.78, 5) is 4.34. The van der Waals surface area contributed by atoms with Crippen LogP contribution in [-0.4, -0.2) is 51.7 Å². The molecule has 8 nitrogen and oxygen atoms in total. The maximum Gasteiger partial charge on any atom is 0.237 e. The molecule has 0 amide bonds. The van der Waals surface area contributed by atoms with Gasteiger partial charge >= 0.3 is 0 Å². The molecule has 0 aliphatic carbocycles. The summed E-state index contributed by atoms with van der Waals surface area (Å²) in [5.41, 5.74) is 0. The van der Waals surface area contributed by atoms with E-state index in [1.54, 1.807) is 18.9 Å². The van der Waals surface area contributed by atoms with E-state index in [0.717, 1.165) is 36.9 Å². The molecular weight excluding hydrogens is 316 g/mol. The summed E-state index contributed by atoms with van der Waals surface area (Å²) in [5.74, 6) is 3.44. The van der Waals surface area contributed by atoms with E-state index in [4.69, 9.17) is 9.26 Å². The summed E-state index contributed by atoms with van der Waals surface area (Å²) in [6.07, 6.45) is 2.89. The standard InChI is InChI=1S/C14H22N6O2S/c1-20-13(10-3-6-15-7-4-10)17-18-14(20)23-9-12-16-11(19-22-12)5-8-21-2/h10,15H,3-9H2,1-2H3. The first-order valence-electron chi connectivity index (χ1n) is 7.81. The molecule has 1 saturated heterocycles. The average molecular weight is 338 g/mol. The van der Waals surface area contributed by atoms with Crippen molar-refractivity contribution < 1.29 is 9.26 Å². The molecule has 0 radical (unpaired) electrons. The third kappa shape index (κ3) is 4.10. The molecule has 0 bridgehead atoms. The molecule has 3 rings (SSSR count). The van der Waals surface area contributed by atoms with E-state index >= 15 is 0 Å². The van der Waals surface area contributed by atoms with E-state index in [1.807, 2.05) is 7.05 Å². The number of rotatable bonds is 7. The van der Waals surface area contributed by atoms with Gasteiger partial charge in [-0.15, -0.1) is 10.2 Å². The van der Waals surface area contributed by atoms with Crippen LogP contribution in [0.3, 0.4) is 0 Å². The van der Waals surface area contributed by atoms with Gasteiger partial charge in [0, 0.05) is 26.5 Å². The average Bonchev–Trinajstić information content (AvgIpc) is 3.18. The SMILES string of the molecule is COCCc1noc(CSc2nnc(C3CCNCC3)n2C)n1. The van der Waals surface area contributed by atoms with Crippen molar-refractivity contribution in [2.45, 2.75) is 36.1 Å². The van der Waals surface area contributed by atoms with E-state index in [0.29, 0.717) is 36.4 Å². The van der Waals surface area contributed by atoms with Gasteiger partial charge in [0.1, 0.15) is 5.82 Å². The van der Waals surface area contributed by atoms with E-state index < -0.39 is 0 Å². The summed E-state index contributed by atoms with van der Waals surface area (Å²) < 4.78 is 12.3. The van der Waals surface area contributed by atoms with Crippen LogP contribution in [0.1, 0.15) is 36.3 Å². The number of hydrogen-bond donors (Lipinski definition) is 1. The Morgan fingerprint density at radius 1 is 1.35 bits per heavy atom. The molecule has 1 aliphatic rings. The lowest BCUT2D eigenvalue weighted by Crippen LogP contribution is -2.27. The van der Waals surface area contributed by atoms with E-state index in [9.17, 15) is 0 Å². The molecule has 3 heterocycles. The van der Waals surface area contributed by atoms with Gasteiger partial charge in [0.05, 0.1) is 12.4 Å². The Labute approximate surface area is 139 Å². The third-order valence-electron chi connectivity index (χ3n) is 3.94. The van der Waals surface area contributed by atoms with Crippen molar-refractivity contribution in [1.82, 2.24) is 30.2 Å². The molecule has 126 valence electrons. The third-order valence-corrected chi connectivity index (χ3v) is 4.94. The van der Waals surface area contributed by atoms with Crippen molar-refractivity contribution in [3.63, 3.8) is 0 Å². The fraction of sp³-hybridized carbons (Fsp3) is 0.714. The molecule has 2 aromatic rings. The van der Waals surface area contributed by atoms with E-state index in [-0.39, 0.29) is 0 Å². The van der Waals surface area contributed by atoms with Gasteiger partial charge in [0.25, 0.3) is 0 Å². The van der Waals surface area contributed by atoms with E-state index in [2.05, 4.69) is 30.2 Å². The van der Waals surface area contributed by atoms with Crippen LogP contribution in [0, 0.1) is 0 Å². The van der Waals surface area contributed by atoms with Crippen molar-refractivity contribution in [2.24, 2.45) is 7.05 Å². The lowest BCUT2D eigenvalue weighted by atomic mass is 9.97. The minimum atomic E-state index is 0.493. The number of nitrogens with zero attached hydrogens (tertiary/aromatic N) is 5. The Bertz CT molecular complexity index is 623. The molecule has 23 heavy (non-hydrogen) atoms. The first kappa shape index (κ1) is 16.4. The highest BCUT2D eigenvalue weighted by molar-refractivity contribution is 7.98. The second-order valence-corrected chi connectivity index (χ2v) is 6.50. The zero-order valence-corrected chi connectivity index (χ0v) is 14.3. The largest absolute Gasteiger partial charge is 0.384 e. The molecule has 0 spiro atoms. The Morgan fingerprint density at radius 3 is 2.96 bits per heavy atom. The fourth-order valence-electron chi connectivity index (χ4n) is 2.66. The number of nitrogens with one attached hydrogen (secondary N) is 1. The van der Waals surface area contributed by atoms with Gasteiger partial charge in [0.2, 0.25) is 5.89 Å². The Balaban J connectivity index is 1.58. The smallest absolute Gasteiger partial charge is 0.237 e. The van der Waals surface area contributed by atoms with E-state index in [1.165, 1.54) is 0 Å². The maximum absolute atomic E-state index is 5.24. The molecule has 0 aromatic carbocycles. The molecule has 2 aromatic heterocycles. The van der Waals surface area contributed by atoms with Crippen LogP contribution >= 0.6 is 11.8 Å². The van der Waals surface area contributed by atoms with Crippen LogP contribution in [0.25, 0.3) is 0 Å². The van der Waals surface area contributed by atoms with Crippen molar-refractivity contribution in [1.29, 1.82) is 0 Å². The van der Waals surface area contributed by atoms with Crippen molar-refractivity contribution in [3.8, 4) is 0 Å². The summed E-state index contributed by atoms with van der Waals surface area (Å²) in [6.45, 7) is 2.69. The van der Waals surface area contributed by atoms with Crippen LogP contribution < -0.4 is 5.32 Å². The van der Waals surface area contributed by atoms with Gasteiger partial charge in [0.15, 0.2) is 11.0 Å². The van der Waals surface area contributed by atoms with Gasteiger partial charge < -0.3 is 19.1 Å².